The van der Waals surface area contributed by atoms with Gasteiger partial charge < -0.3 is 18.8 Å². The number of fused-ring (bicyclic) bond motifs is 1. The fourth-order valence-corrected chi connectivity index (χ4v) is 2.88. The molecule has 22 heavy (non-hydrogen) atoms. The largest absolute Gasteiger partial charge is 0.461 e. The summed E-state index contributed by atoms with van der Waals surface area (Å²) in [6, 6.07) is 6.15. The number of benzene rings is 1. The van der Waals surface area contributed by atoms with Crippen LogP contribution in [0.5, 0.6) is 11.5 Å². The number of hydrogen-bond acceptors (Lipinski definition) is 4. The minimum Gasteiger partial charge on any atom is -0.454 e. The molecule has 5 heteroatoms. The fraction of sp³-hybridized carbons (Fsp3) is 0.647. The summed E-state index contributed by atoms with van der Waals surface area (Å²) in [4.78, 5) is 0. The molecule has 4 nitrogen and oxygen atoms in total. The molecule has 0 spiro atoms. The highest BCUT2D eigenvalue weighted by Crippen LogP contribution is 2.42. The predicted octanol–water partition coefficient (Wildman–Crippen LogP) is 3.83. The second-order valence-electron chi connectivity index (χ2n) is 7.18. The first-order valence-corrected chi connectivity index (χ1v) is 8.06. The van der Waals surface area contributed by atoms with E-state index in [1.807, 2.05) is 6.07 Å². The fourth-order valence-electron chi connectivity index (χ4n) is 2.88. The van der Waals surface area contributed by atoms with E-state index in [1.54, 1.807) is 0 Å². The first-order chi connectivity index (χ1) is 10.3. The molecule has 0 amide bonds. The minimum atomic E-state index is -0.278. The zero-order valence-corrected chi connectivity index (χ0v) is 14.1. The smallest absolute Gasteiger partial charge is 0.454 e. The SMILES string of the molecule is CCC(Cc1ccc2c(c1)OCO2)B1OC(C)(C)C(C)(C)O1. The Bertz CT molecular complexity index is 540. The van der Waals surface area contributed by atoms with Crippen LogP contribution in [0.1, 0.15) is 46.6 Å². The highest BCUT2D eigenvalue weighted by molar-refractivity contribution is 6.47. The van der Waals surface area contributed by atoms with Crippen molar-refractivity contribution in [2.75, 3.05) is 6.79 Å². The molecule has 2 aliphatic heterocycles. The van der Waals surface area contributed by atoms with Crippen LogP contribution in [0.3, 0.4) is 0 Å². The van der Waals surface area contributed by atoms with Gasteiger partial charge in [-0.25, -0.2) is 0 Å². The third-order valence-electron chi connectivity index (χ3n) is 5.12. The molecular formula is C17H25BO4. The zero-order chi connectivity index (χ0) is 16.0. The van der Waals surface area contributed by atoms with Gasteiger partial charge in [0.2, 0.25) is 6.79 Å². The molecule has 0 bridgehead atoms. The van der Waals surface area contributed by atoms with E-state index in [0.717, 1.165) is 24.3 Å². The topological polar surface area (TPSA) is 36.9 Å². The summed E-state index contributed by atoms with van der Waals surface area (Å²) in [6.07, 6.45) is 1.91. The van der Waals surface area contributed by atoms with Gasteiger partial charge in [0.05, 0.1) is 11.2 Å². The molecule has 1 atom stereocenters. The lowest BCUT2D eigenvalue weighted by molar-refractivity contribution is 0.00578. The molecule has 1 saturated heterocycles. The van der Waals surface area contributed by atoms with Crippen LogP contribution in [0.4, 0.5) is 0 Å². The molecule has 120 valence electrons. The van der Waals surface area contributed by atoms with Gasteiger partial charge in [0.1, 0.15) is 0 Å². The van der Waals surface area contributed by atoms with Crippen molar-refractivity contribution in [2.24, 2.45) is 0 Å². The van der Waals surface area contributed by atoms with E-state index in [1.165, 1.54) is 5.56 Å². The second kappa shape index (κ2) is 5.46. The lowest BCUT2D eigenvalue weighted by atomic mass is 9.67. The van der Waals surface area contributed by atoms with E-state index in [2.05, 4.69) is 46.8 Å². The van der Waals surface area contributed by atoms with Crippen LogP contribution >= 0.6 is 0 Å². The maximum Gasteiger partial charge on any atom is 0.461 e. The van der Waals surface area contributed by atoms with Crippen molar-refractivity contribution in [3.63, 3.8) is 0 Å². The molecule has 3 rings (SSSR count). The number of rotatable bonds is 4. The Balaban J connectivity index is 1.73. The van der Waals surface area contributed by atoms with E-state index in [9.17, 15) is 0 Å². The number of ether oxygens (including phenoxy) is 2. The van der Waals surface area contributed by atoms with E-state index >= 15 is 0 Å². The third kappa shape index (κ3) is 2.72. The molecule has 1 unspecified atom stereocenters. The summed E-state index contributed by atoms with van der Waals surface area (Å²) >= 11 is 0. The van der Waals surface area contributed by atoms with Crippen LogP contribution in [-0.4, -0.2) is 25.1 Å². The Morgan fingerprint density at radius 3 is 2.32 bits per heavy atom. The molecule has 0 N–H and O–H groups in total. The average Bonchev–Trinajstić information content (AvgIpc) is 2.98. The summed E-state index contributed by atoms with van der Waals surface area (Å²) in [5.74, 6) is 1.98. The van der Waals surface area contributed by atoms with Gasteiger partial charge in [0, 0.05) is 0 Å². The van der Waals surface area contributed by atoms with Crippen LogP contribution in [0, 0.1) is 0 Å². The van der Waals surface area contributed by atoms with Crippen molar-refractivity contribution in [3.05, 3.63) is 23.8 Å². The quantitative estimate of drug-likeness (QED) is 0.792. The van der Waals surface area contributed by atoms with Crippen molar-refractivity contribution in [2.45, 2.75) is 64.5 Å². The van der Waals surface area contributed by atoms with Gasteiger partial charge in [-0.15, -0.1) is 0 Å². The Labute approximate surface area is 133 Å². The van der Waals surface area contributed by atoms with Crippen molar-refractivity contribution in [1.82, 2.24) is 0 Å². The molecule has 0 aromatic heterocycles. The summed E-state index contributed by atoms with van der Waals surface area (Å²) in [6.45, 7) is 10.9. The normalized spacial score (nSPS) is 22.9. The Hall–Kier alpha value is -1.20. The van der Waals surface area contributed by atoms with E-state index in [0.29, 0.717) is 12.6 Å². The van der Waals surface area contributed by atoms with Crippen molar-refractivity contribution in [1.29, 1.82) is 0 Å². The monoisotopic (exact) mass is 304 g/mol. The van der Waals surface area contributed by atoms with E-state index < -0.39 is 0 Å². The maximum atomic E-state index is 6.20. The van der Waals surface area contributed by atoms with Gasteiger partial charge in [-0.05, 0) is 57.6 Å². The molecule has 1 aromatic rings. The Kier molecular flexibility index (Phi) is 3.90. The van der Waals surface area contributed by atoms with Gasteiger partial charge in [0.25, 0.3) is 0 Å². The highest BCUT2D eigenvalue weighted by Gasteiger charge is 2.53. The van der Waals surface area contributed by atoms with Gasteiger partial charge >= 0.3 is 7.12 Å². The second-order valence-corrected chi connectivity index (χ2v) is 7.18. The van der Waals surface area contributed by atoms with Gasteiger partial charge in [-0.3, -0.25) is 0 Å². The molecule has 1 aromatic carbocycles. The molecule has 1 fully saturated rings. The molecule has 0 radical (unpaired) electrons. The Morgan fingerprint density at radius 2 is 1.68 bits per heavy atom. The first kappa shape index (κ1) is 15.7. The predicted molar refractivity (Wildman–Crippen MR) is 86.4 cm³/mol. The van der Waals surface area contributed by atoms with Crippen molar-refractivity contribution < 1.29 is 18.8 Å². The van der Waals surface area contributed by atoms with Gasteiger partial charge in [-0.1, -0.05) is 19.4 Å². The highest BCUT2D eigenvalue weighted by atomic mass is 16.7. The summed E-state index contributed by atoms with van der Waals surface area (Å²) < 4.78 is 23.2. The standard InChI is InChI=1S/C17H25BO4/c1-6-13(18-21-16(2,3)17(4,5)22-18)9-12-7-8-14-15(10-12)20-11-19-14/h7-8,10,13H,6,9,11H2,1-5H3. The van der Waals surface area contributed by atoms with Crippen LogP contribution < -0.4 is 9.47 Å². The van der Waals surface area contributed by atoms with Crippen LogP contribution in [0.25, 0.3) is 0 Å². The lowest BCUT2D eigenvalue weighted by Gasteiger charge is -2.32. The number of hydrogen-bond donors (Lipinski definition) is 0. The van der Waals surface area contributed by atoms with Crippen LogP contribution in [0.15, 0.2) is 18.2 Å². The first-order valence-electron chi connectivity index (χ1n) is 8.06. The van der Waals surface area contributed by atoms with E-state index in [-0.39, 0.29) is 18.3 Å². The van der Waals surface area contributed by atoms with Crippen LogP contribution in [0.2, 0.25) is 5.82 Å². The molecule has 2 aliphatic rings. The lowest BCUT2D eigenvalue weighted by Crippen LogP contribution is -2.41. The van der Waals surface area contributed by atoms with Gasteiger partial charge in [-0.2, -0.15) is 0 Å². The van der Waals surface area contributed by atoms with E-state index in [4.69, 9.17) is 18.8 Å². The molecular weight excluding hydrogens is 279 g/mol. The van der Waals surface area contributed by atoms with Crippen molar-refractivity contribution >= 4 is 7.12 Å². The van der Waals surface area contributed by atoms with Crippen molar-refractivity contribution in [3.8, 4) is 11.5 Å². The molecule has 0 saturated carbocycles. The zero-order valence-electron chi connectivity index (χ0n) is 14.1. The minimum absolute atomic E-state index is 0.166. The maximum absolute atomic E-state index is 6.20. The van der Waals surface area contributed by atoms with Crippen LogP contribution in [-0.2, 0) is 15.7 Å². The summed E-state index contributed by atoms with van der Waals surface area (Å²) in [7, 11) is -0.166. The average molecular weight is 304 g/mol. The summed E-state index contributed by atoms with van der Waals surface area (Å²) in [5.41, 5.74) is 0.672. The summed E-state index contributed by atoms with van der Waals surface area (Å²) in [5, 5.41) is 0. The Morgan fingerprint density at radius 1 is 1.05 bits per heavy atom. The van der Waals surface area contributed by atoms with Gasteiger partial charge in [0.15, 0.2) is 11.5 Å². The third-order valence-corrected chi connectivity index (χ3v) is 5.12. The molecule has 2 heterocycles. The molecule has 0 aliphatic carbocycles.